The van der Waals surface area contributed by atoms with E-state index < -0.39 is 0 Å². The number of rotatable bonds is 5. The Balaban J connectivity index is 2.50. The predicted octanol–water partition coefficient (Wildman–Crippen LogP) is 2.50. The van der Waals surface area contributed by atoms with E-state index in [1.54, 1.807) is 11.3 Å². The zero-order valence-electron chi connectivity index (χ0n) is 8.41. The molecule has 13 heavy (non-hydrogen) atoms. The molecule has 1 aromatic heterocycles. The Kier molecular flexibility index (Phi) is 4.59. The van der Waals surface area contributed by atoms with E-state index in [2.05, 4.69) is 35.5 Å². The molecule has 0 atom stereocenters. The molecule has 0 bridgehead atoms. The molecule has 2 nitrogen and oxygen atoms in total. The second-order valence-electron chi connectivity index (χ2n) is 2.89. The molecule has 0 aliphatic rings. The van der Waals surface area contributed by atoms with Gasteiger partial charge in [0.15, 0.2) is 5.13 Å². The minimum atomic E-state index is 1.03. The topological polar surface area (TPSA) is 16.1 Å². The summed E-state index contributed by atoms with van der Waals surface area (Å²) in [5.41, 5.74) is 1.20. The number of hydrogen-bond acceptors (Lipinski definition) is 4. The van der Waals surface area contributed by atoms with Crippen LogP contribution in [-0.2, 0) is 6.42 Å². The van der Waals surface area contributed by atoms with Crippen LogP contribution < -0.4 is 4.90 Å². The monoisotopic (exact) mass is 216 g/mol. The standard InChI is InChI=1S/C9H16N2S2/c1-4-8-7-13-9(10-8)11(2)5-6-12-3/h7H,4-6H2,1-3H3. The van der Waals surface area contributed by atoms with Crippen LogP contribution in [0.5, 0.6) is 0 Å². The number of aromatic nitrogens is 1. The average molecular weight is 216 g/mol. The minimum Gasteiger partial charge on any atom is -0.350 e. The summed E-state index contributed by atoms with van der Waals surface area (Å²) in [5, 5.41) is 3.29. The number of thiazole rings is 1. The quantitative estimate of drug-likeness (QED) is 0.752. The molecule has 0 unspecified atom stereocenters. The van der Waals surface area contributed by atoms with Gasteiger partial charge in [-0.05, 0) is 12.7 Å². The van der Waals surface area contributed by atoms with Gasteiger partial charge in [0.2, 0.25) is 0 Å². The summed E-state index contributed by atoms with van der Waals surface area (Å²) in [7, 11) is 2.11. The Bertz CT molecular complexity index is 248. The molecule has 1 heterocycles. The van der Waals surface area contributed by atoms with Crippen molar-refractivity contribution in [3.05, 3.63) is 11.1 Å². The van der Waals surface area contributed by atoms with Crippen molar-refractivity contribution in [3.8, 4) is 0 Å². The molecule has 0 amide bonds. The van der Waals surface area contributed by atoms with Crippen molar-refractivity contribution in [2.75, 3.05) is 30.5 Å². The van der Waals surface area contributed by atoms with Crippen LogP contribution >= 0.6 is 23.1 Å². The van der Waals surface area contributed by atoms with E-state index in [9.17, 15) is 0 Å². The van der Waals surface area contributed by atoms with Crippen molar-refractivity contribution in [3.63, 3.8) is 0 Å². The third-order valence-electron chi connectivity index (χ3n) is 1.86. The molecule has 0 saturated carbocycles. The molecule has 0 aliphatic heterocycles. The van der Waals surface area contributed by atoms with Crippen LogP contribution in [0.1, 0.15) is 12.6 Å². The average Bonchev–Trinajstić information content (AvgIpc) is 2.62. The first-order valence-corrected chi connectivity index (χ1v) is 6.69. The van der Waals surface area contributed by atoms with E-state index in [0.717, 1.165) is 23.8 Å². The van der Waals surface area contributed by atoms with E-state index >= 15 is 0 Å². The van der Waals surface area contributed by atoms with E-state index in [1.807, 2.05) is 11.8 Å². The highest BCUT2D eigenvalue weighted by Gasteiger charge is 2.04. The Morgan fingerprint density at radius 1 is 1.62 bits per heavy atom. The first-order chi connectivity index (χ1) is 6.27. The summed E-state index contributed by atoms with van der Waals surface area (Å²) in [6.07, 6.45) is 3.17. The van der Waals surface area contributed by atoms with E-state index in [4.69, 9.17) is 0 Å². The summed E-state index contributed by atoms with van der Waals surface area (Å²) in [5.74, 6) is 1.16. The molecular weight excluding hydrogens is 200 g/mol. The van der Waals surface area contributed by atoms with Crippen molar-refractivity contribution in [2.45, 2.75) is 13.3 Å². The number of hydrogen-bond donors (Lipinski definition) is 0. The van der Waals surface area contributed by atoms with Crippen molar-refractivity contribution in [2.24, 2.45) is 0 Å². The van der Waals surface area contributed by atoms with Crippen LogP contribution in [0.15, 0.2) is 5.38 Å². The zero-order valence-corrected chi connectivity index (χ0v) is 10.0. The molecule has 0 fully saturated rings. The SMILES string of the molecule is CCc1csc(N(C)CCSC)n1. The van der Waals surface area contributed by atoms with Gasteiger partial charge in [-0.3, -0.25) is 0 Å². The van der Waals surface area contributed by atoms with Gasteiger partial charge >= 0.3 is 0 Å². The highest BCUT2D eigenvalue weighted by atomic mass is 32.2. The molecule has 0 spiro atoms. The largest absolute Gasteiger partial charge is 0.350 e. The highest BCUT2D eigenvalue weighted by molar-refractivity contribution is 7.98. The summed E-state index contributed by atoms with van der Waals surface area (Å²) in [6, 6.07) is 0. The third kappa shape index (κ3) is 3.19. The molecule has 1 rings (SSSR count). The fourth-order valence-corrected chi connectivity index (χ4v) is 2.32. The van der Waals surface area contributed by atoms with E-state index in [1.165, 1.54) is 5.69 Å². The highest BCUT2D eigenvalue weighted by Crippen LogP contribution is 2.19. The maximum atomic E-state index is 4.52. The first-order valence-electron chi connectivity index (χ1n) is 4.42. The number of aryl methyl sites for hydroxylation is 1. The van der Waals surface area contributed by atoms with Crippen LogP contribution in [0.2, 0.25) is 0 Å². The van der Waals surface area contributed by atoms with Crippen LogP contribution in [0.25, 0.3) is 0 Å². The molecule has 0 aliphatic carbocycles. The molecule has 4 heteroatoms. The van der Waals surface area contributed by atoms with Gasteiger partial charge in [0.25, 0.3) is 0 Å². The van der Waals surface area contributed by atoms with E-state index in [-0.39, 0.29) is 0 Å². The molecular formula is C9H16N2S2. The van der Waals surface area contributed by atoms with Gasteiger partial charge in [0, 0.05) is 24.7 Å². The lowest BCUT2D eigenvalue weighted by atomic mass is 10.4. The number of thioether (sulfide) groups is 1. The summed E-state index contributed by atoms with van der Waals surface area (Å²) in [6.45, 7) is 3.22. The van der Waals surface area contributed by atoms with Gasteiger partial charge < -0.3 is 4.90 Å². The number of anilines is 1. The smallest absolute Gasteiger partial charge is 0.185 e. The van der Waals surface area contributed by atoms with Crippen LogP contribution in [-0.4, -0.2) is 30.6 Å². The van der Waals surface area contributed by atoms with Gasteiger partial charge in [-0.1, -0.05) is 6.92 Å². The van der Waals surface area contributed by atoms with Crippen molar-refractivity contribution >= 4 is 28.2 Å². The molecule has 74 valence electrons. The zero-order chi connectivity index (χ0) is 9.68. The third-order valence-corrected chi connectivity index (χ3v) is 3.45. The molecule has 0 saturated heterocycles. The normalized spacial score (nSPS) is 10.4. The Morgan fingerprint density at radius 2 is 2.38 bits per heavy atom. The summed E-state index contributed by atoms with van der Waals surface area (Å²) < 4.78 is 0. The van der Waals surface area contributed by atoms with Gasteiger partial charge in [0.05, 0.1) is 5.69 Å². The molecule has 0 N–H and O–H groups in total. The van der Waals surface area contributed by atoms with Crippen LogP contribution in [0.4, 0.5) is 5.13 Å². The van der Waals surface area contributed by atoms with Gasteiger partial charge in [-0.25, -0.2) is 4.98 Å². The first kappa shape index (κ1) is 10.9. The van der Waals surface area contributed by atoms with Crippen molar-refractivity contribution in [1.29, 1.82) is 0 Å². The lowest BCUT2D eigenvalue weighted by Gasteiger charge is -2.14. The Hall–Kier alpha value is -0.220. The second kappa shape index (κ2) is 5.50. The Labute approximate surface area is 88.4 Å². The fourth-order valence-electron chi connectivity index (χ4n) is 0.958. The lowest BCUT2D eigenvalue weighted by molar-refractivity contribution is 0.949. The lowest BCUT2D eigenvalue weighted by Crippen LogP contribution is -2.19. The maximum Gasteiger partial charge on any atom is 0.185 e. The van der Waals surface area contributed by atoms with Crippen molar-refractivity contribution < 1.29 is 0 Å². The molecule has 0 aromatic carbocycles. The second-order valence-corrected chi connectivity index (χ2v) is 4.71. The van der Waals surface area contributed by atoms with Gasteiger partial charge in [0.1, 0.15) is 0 Å². The Morgan fingerprint density at radius 3 is 2.92 bits per heavy atom. The predicted molar refractivity (Wildman–Crippen MR) is 63.1 cm³/mol. The van der Waals surface area contributed by atoms with Gasteiger partial charge in [-0.2, -0.15) is 11.8 Å². The van der Waals surface area contributed by atoms with Crippen molar-refractivity contribution in [1.82, 2.24) is 4.98 Å². The fraction of sp³-hybridized carbons (Fsp3) is 0.667. The van der Waals surface area contributed by atoms with E-state index in [0.29, 0.717) is 0 Å². The number of nitrogens with zero attached hydrogens (tertiary/aromatic N) is 2. The summed E-state index contributed by atoms with van der Waals surface area (Å²) in [4.78, 5) is 6.74. The van der Waals surface area contributed by atoms with Crippen LogP contribution in [0, 0.1) is 0 Å². The van der Waals surface area contributed by atoms with Crippen LogP contribution in [0.3, 0.4) is 0 Å². The maximum absolute atomic E-state index is 4.52. The minimum absolute atomic E-state index is 1.03. The summed E-state index contributed by atoms with van der Waals surface area (Å²) >= 11 is 3.61. The van der Waals surface area contributed by atoms with Gasteiger partial charge in [-0.15, -0.1) is 11.3 Å². The molecule has 0 radical (unpaired) electrons. The molecule has 1 aromatic rings.